The number of ether oxygens (including phenoxy) is 1. The van der Waals surface area contributed by atoms with Crippen LogP contribution in [0.15, 0.2) is 122 Å². The molecule has 1 heterocycles. The van der Waals surface area contributed by atoms with Crippen molar-refractivity contribution in [1.29, 1.82) is 5.26 Å². The Hall–Kier alpha value is -8.01. The maximum atomic E-state index is 12.5. The number of nitriles is 1. The topological polar surface area (TPSA) is 131 Å². The Balaban J connectivity index is 0.000000230. The van der Waals surface area contributed by atoms with Crippen LogP contribution in [0.5, 0.6) is 0 Å². The molecule has 0 aliphatic heterocycles. The Morgan fingerprint density at radius 2 is 0.988 bits per heavy atom. The SMILES string of the molecule is C#Cc1ccc(C(C)C(=O)C(C)(C)C)cc1.C#Cc1ccc(COCC(=O)C(C)(C)C)cc1.C#Cc1ccc2c(c1)CCCC2C(=O)C(C)(C)C.CC(C)(C)C(=O)C1CCCc2cc(C#N)ccc21.CC(C)(C)C(=O)Cc1ccc2cnccc2c1. The second-order valence-electron chi connectivity index (χ2n) is 27.7. The highest BCUT2D eigenvalue weighted by molar-refractivity contribution is 5.92. The van der Waals surface area contributed by atoms with Gasteiger partial charge in [0.15, 0.2) is 5.78 Å². The van der Waals surface area contributed by atoms with Gasteiger partial charge in [0.2, 0.25) is 0 Å². The van der Waals surface area contributed by atoms with Crippen LogP contribution in [0.1, 0.15) is 215 Å². The van der Waals surface area contributed by atoms with Crippen molar-refractivity contribution in [2.45, 2.75) is 180 Å². The number of aromatic nitrogens is 1. The standard InChI is InChI=1S/C17H20O.C16H19NO.C15H17NO.C15H18O2.C15H18O/c1-5-12-9-10-14-13(11-12)7-6-8-15(14)16(18)17(2,3)4;1-16(2,3)15(18)14-6-4-5-12-9-11(10-17)7-8-13(12)14;1-15(2,3)14(17)9-11-4-5-13-10-16-7-6-12(13)8-11;1-5-12-6-8-13(9-7-12)10-17-11-14(16)15(2,3)4;1-6-12-7-9-13(10-8-12)11(2)14(16)15(3,4)5/h1,9-11,15H,6-8H2,2-4H3;7-9,14H,4-6H2,1-3H3;4-8,10H,9H2,1-3H3;1,6-9H,10-11H2,2-4H3;1,7-11H,2-5H3. The van der Waals surface area contributed by atoms with Gasteiger partial charge >= 0.3 is 0 Å². The van der Waals surface area contributed by atoms with Crippen molar-refractivity contribution in [3.05, 3.63) is 183 Å². The molecule has 8 rings (SSSR count). The summed E-state index contributed by atoms with van der Waals surface area (Å²) >= 11 is 0. The Morgan fingerprint density at radius 3 is 1.44 bits per heavy atom. The van der Waals surface area contributed by atoms with Crippen molar-refractivity contribution >= 4 is 39.7 Å². The molecule has 8 heteroatoms. The first-order valence-electron chi connectivity index (χ1n) is 30.0. The summed E-state index contributed by atoms with van der Waals surface area (Å²) in [5, 5.41) is 11.2. The Labute approximate surface area is 515 Å². The van der Waals surface area contributed by atoms with Crippen LogP contribution >= 0.6 is 0 Å². The number of rotatable bonds is 10. The van der Waals surface area contributed by atoms with Crippen LogP contribution in [0.25, 0.3) is 10.8 Å². The highest BCUT2D eigenvalue weighted by Gasteiger charge is 2.35. The van der Waals surface area contributed by atoms with Crippen molar-refractivity contribution in [3.63, 3.8) is 0 Å². The molecule has 0 radical (unpaired) electrons. The number of hydrogen-bond donors (Lipinski definition) is 0. The van der Waals surface area contributed by atoms with Gasteiger partial charge in [-0.1, -0.05) is 183 Å². The number of fused-ring (bicyclic) bond motifs is 3. The highest BCUT2D eigenvalue weighted by atomic mass is 16.5. The molecule has 0 saturated heterocycles. The van der Waals surface area contributed by atoms with Crippen molar-refractivity contribution in [1.82, 2.24) is 4.98 Å². The third-order valence-electron chi connectivity index (χ3n) is 15.4. The number of pyridine rings is 1. The summed E-state index contributed by atoms with van der Waals surface area (Å²) in [6.07, 6.45) is 26.1. The minimum absolute atomic E-state index is 0.0153. The zero-order chi connectivity index (χ0) is 64.4. The fourth-order valence-corrected chi connectivity index (χ4v) is 9.92. The van der Waals surface area contributed by atoms with Crippen LogP contribution in [0.2, 0.25) is 0 Å². The van der Waals surface area contributed by atoms with E-state index < -0.39 is 0 Å². The summed E-state index contributed by atoms with van der Waals surface area (Å²) in [5.74, 6) is 9.07. The summed E-state index contributed by atoms with van der Waals surface area (Å²) < 4.78 is 5.38. The van der Waals surface area contributed by atoms with Crippen molar-refractivity contribution < 1.29 is 28.7 Å². The first kappa shape index (κ1) is 70.5. The first-order valence-corrected chi connectivity index (χ1v) is 30.0. The van der Waals surface area contributed by atoms with Crippen LogP contribution in [0, 0.1) is 75.4 Å². The molecule has 0 N–H and O–H groups in total. The Morgan fingerprint density at radius 1 is 0.535 bits per heavy atom. The fourth-order valence-electron chi connectivity index (χ4n) is 9.92. The lowest BCUT2D eigenvalue weighted by Gasteiger charge is -2.29. The van der Waals surface area contributed by atoms with E-state index >= 15 is 0 Å². The molecule has 5 aromatic carbocycles. The van der Waals surface area contributed by atoms with Crippen LogP contribution < -0.4 is 0 Å². The molecular formula is C78H92N2O6. The molecule has 0 bridgehead atoms. The lowest BCUT2D eigenvalue weighted by molar-refractivity contribution is -0.131. The zero-order valence-electron chi connectivity index (χ0n) is 54.2. The van der Waals surface area contributed by atoms with Gasteiger partial charge in [-0.2, -0.15) is 5.26 Å². The average Bonchev–Trinajstić information content (AvgIpc) is 1.55. The van der Waals surface area contributed by atoms with Gasteiger partial charge in [0.1, 0.15) is 29.7 Å². The molecule has 0 spiro atoms. The lowest BCUT2D eigenvalue weighted by Crippen LogP contribution is -2.29. The molecule has 2 aliphatic rings. The Bertz CT molecular complexity index is 3400. The number of ketones is 5. The second kappa shape index (κ2) is 30.9. The second-order valence-corrected chi connectivity index (χ2v) is 27.7. The van der Waals surface area contributed by atoms with Gasteiger partial charge in [-0.15, -0.1) is 19.3 Å². The normalized spacial score (nSPS) is 14.8. The van der Waals surface area contributed by atoms with Gasteiger partial charge in [0, 0.05) is 85.7 Å². The molecule has 0 amide bonds. The molecule has 0 fully saturated rings. The first-order chi connectivity index (χ1) is 40.1. The molecule has 6 aromatic rings. The third kappa shape index (κ3) is 21.2. The van der Waals surface area contributed by atoms with Gasteiger partial charge in [-0.3, -0.25) is 29.0 Å². The number of aryl methyl sites for hydroxylation is 2. The molecule has 2 aliphatic carbocycles. The van der Waals surface area contributed by atoms with E-state index in [0.717, 1.165) is 88.2 Å². The lowest BCUT2D eigenvalue weighted by atomic mass is 9.73. The number of carbonyl (C=O) groups excluding carboxylic acids is 5. The monoisotopic (exact) mass is 1150 g/mol. The van der Waals surface area contributed by atoms with E-state index in [2.05, 4.69) is 47.0 Å². The van der Waals surface area contributed by atoms with Crippen molar-refractivity contribution in [2.24, 2.45) is 27.1 Å². The molecule has 3 unspecified atom stereocenters. The highest BCUT2D eigenvalue weighted by Crippen LogP contribution is 2.39. The van der Waals surface area contributed by atoms with Crippen LogP contribution in [0.3, 0.4) is 0 Å². The Kier molecular flexibility index (Phi) is 25.3. The number of carbonyl (C=O) groups is 5. The van der Waals surface area contributed by atoms with Gasteiger partial charge in [-0.05, 0) is 137 Å². The average molecular weight is 1150 g/mol. The van der Waals surface area contributed by atoms with E-state index in [1.165, 1.54) is 16.7 Å². The maximum absolute atomic E-state index is 12.5. The number of hydrogen-bond acceptors (Lipinski definition) is 8. The van der Waals surface area contributed by atoms with E-state index in [1.54, 1.807) is 6.20 Å². The van der Waals surface area contributed by atoms with Gasteiger partial charge in [-0.25, -0.2) is 0 Å². The fraction of sp³-hybridized carbons (Fsp3) is 0.423. The largest absolute Gasteiger partial charge is 0.369 e. The summed E-state index contributed by atoms with van der Waals surface area (Å²) in [5.41, 5.74) is 9.71. The van der Waals surface area contributed by atoms with E-state index in [9.17, 15) is 24.0 Å². The third-order valence-corrected chi connectivity index (χ3v) is 15.4. The quantitative estimate of drug-likeness (QED) is 0.124. The van der Waals surface area contributed by atoms with Crippen molar-refractivity contribution in [2.75, 3.05) is 6.61 Å². The van der Waals surface area contributed by atoms with E-state index in [4.69, 9.17) is 29.3 Å². The predicted octanol–water partition coefficient (Wildman–Crippen LogP) is 16.9. The predicted molar refractivity (Wildman–Crippen MR) is 351 cm³/mol. The zero-order valence-corrected chi connectivity index (χ0v) is 54.2. The maximum Gasteiger partial charge on any atom is 0.163 e. The van der Waals surface area contributed by atoms with Crippen molar-refractivity contribution in [3.8, 4) is 43.1 Å². The van der Waals surface area contributed by atoms with Gasteiger partial charge < -0.3 is 4.74 Å². The van der Waals surface area contributed by atoms with Gasteiger partial charge in [0.25, 0.3) is 0 Å². The summed E-state index contributed by atoms with van der Waals surface area (Å²) in [7, 11) is 0. The summed E-state index contributed by atoms with van der Waals surface area (Å²) in [4.78, 5) is 64.7. The van der Waals surface area contributed by atoms with Crippen LogP contribution in [-0.4, -0.2) is 40.5 Å². The smallest absolute Gasteiger partial charge is 0.163 e. The molecule has 1 aromatic heterocycles. The van der Waals surface area contributed by atoms with Crippen LogP contribution in [-0.2, 0) is 54.6 Å². The molecule has 86 heavy (non-hydrogen) atoms. The van der Waals surface area contributed by atoms with E-state index in [-0.39, 0.29) is 68.8 Å². The molecular weight excluding hydrogens is 1060 g/mol. The van der Waals surface area contributed by atoms with E-state index in [0.29, 0.717) is 30.2 Å². The number of benzene rings is 5. The minimum Gasteiger partial charge on any atom is -0.369 e. The molecule has 450 valence electrons. The molecule has 3 atom stereocenters. The van der Waals surface area contributed by atoms with Gasteiger partial charge in [0.05, 0.1) is 18.2 Å². The van der Waals surface area contributed by atoms with Crippen LogP contribution in [0.4, 0.5) is 0 Å². The number of nitrogens with zero attached hydrogens (tertiary/aromatic N) is 2. The number of Topliss-reactive ketones (excluding diaryl/α,β-unsaturated/α-hetero) is 5. The molecule has 8 nitrogen and oxygen atoms in total. The summed E-state index contributed by atoms with van der Waals surface area (Å²) in [6.45, 7) is 31.9. The van der Waals surface area contributed by atoms with E-state index in [1.807, 2.05) is 208 Å². The number of terminal acetylenes is 3. The summed E-state index contributed by atoms with van der Waals surface area (Å²) in [6, 6.07) is 37.2. The molecule has 0 saturated carbocycles. The minimum atomic E-state index is -0.340.